The van der Waals surface area contributed by atoms with Gasteiger partial charge in [-0.15, -0.1) is 11.3 Å². The average molecular weight is 242 g/mol. The molecule has 1 aliphatic heterocycles. The summed E-state index contributed by atoms with van der Waals surface area (Å²) >= 11 is 1.46. The summed E-state index contributed by atoms with van der Waals surface area (Å²) in [6, 6.07) is 0. The molecule has 1 unspecified atom stereocenters. The normalized spacial score (nSPS) is 20.1. The first-order valence-electron chi connectivity index (χ1n) is 5.06. The van der Waals surface area contributed by atoms with Crippen LogP contribution in [-0.2, 0) is 9.47 Å². The molecule has 6 heteroatoms. The number of rotatable bonds is 3. The van der Waals surface area contributed by atoms with Gasteiger partial charge in [-0.1, -0.05) is 0 Å². The van der Waals surface area contributed by atoms with E-state index in [-0.39, 0.29) is 12.1 Å². The number of hydrogen-bond donors (Lipinski definition) is 0. The van der Waals surface area contributed by atoms with E-state index < -0.39 is 0 Å². The Morgan fingerprint density at radius 2 is 2.44 bits per heavy atom. The lowest BCUT2D eigenvalue weighted by molar-refractivity contribution is 0.0595. The molecular formula is C10H14N2O3S. The van der Waals surface area contributed by atoms with Gasteiger partial charge in [-0.2, -0.15) is 0 Å². The van der Waals surface area contributed by atoms with Gasteiger partial charge in [-0.25, -0.2) is 9.78 Å². The zero-order chi connectivity index (χ0) is 11.5. The molecule has 0 aliphatic carbocycles. The smallest absolute Gasteiger partial charge is 0.357 e. The van der Waals surface area contributed by atoms with E-state index in [4.69, 9.17) is 4.74 Å². The van der Waals surface area contributed by atoms with Crippen LogP contribution >= 0.6 is 11.3 Å². The molecule has 0 radical (unpaired) electrons. The Morgan fingerprint density at radius 1 is 1.62 bits per heavy atom. The molecule has 1 aliphatic rings. The molecule has 88 valence electrons. The summed E-state index contributed by atoms with van der Waals surface area (Å²) < 4.78 is 9.90. The van der Waals surface area contributed by atoms with Gasteiger partial charge in [0.25, 0.3) is 0 Å². The maximum Gasteiger partial charge on any atom is 0.357 e. The molecule has 1 atom stereocenters. The highest BCUT2D eigenvalue weighted by Crippen LogP contribution is 2.25. The molecular weight excluding hydrogens is 228 g/mol. The molecule has 0 amide bonds. The van der Waals surface area contributed by atoms with Crippen LogP contribution in [0, 0.1) is 0 Å². The highest BCUT2D eigenvalue weighted by molar-refractivity contribution is 7.13. The van der Waals surface area contributed by atoms with Crippen LogP contribution in [-0.4, -0.2) is 44.4 Å². The minimum absolute atomic E-state index is 0.269. The number of carbonyl (C=O) groups is 1. The summed E-state index contributed by atoms with van der Waals surface area (Å²) in [6.07, 6.45) is 1.27. The molecule has 1 saturated heterocycles. The number of esters is 1. The Labute approximate surface area is 98.0 Å². The van der Waals surface area contributed by atoms with Crippen molar-refractivity contribution in [3.05, 3.63) is 11.1 Å². The average Bonchev–Trinajstić information content (AvgIpc) is 2.95. The van der Waals surface area contributed by atoms with E-state index in [1.165, 1.54) is 18.4 Å². The lowest BCUT2D eigenvalue weighted by atomic mass is 10.3. The second kappa shape index (κ2) is 4.80. The third-order valence-electron chi connectivity index (χ3n) is 2.64. The molecule has 0 aromatic carbocycles. The topological polar surface area (TPSA) is 51.7 Å². The van der Waals surface area contributed by atoms with Crippen molar-refractivity contribution in [3.8, 4) is 0 Å². The molecule has 2 rings (SSSR count). The van der Waals surface area contributed by atoms with Gasteiger partial charge >= 0.3 is 5.97 Å². The SMILES string of the molecule is COC(=O)c1csc(N2CCC(OC)C2)n1. The maximum atomic E-state index is 11.2. The fourth-order valence-electron chi connectivity index (χ4n) is 1.70. The number of anilines is 1. The van der Waals surface area contributed by atoms with Crippen molar-refractivity contribution >= 4 is 22.4 Å². The first kappa shape index (κ1) is 11.3. The summed E-state index contributed by atoms with van der Waals surface area (Å²) in [5.74, 6) is -0.384. The van der Waals surface area contributed by atoms with E-state index >= 15 is 0 Å². The van der Waals surface area contributed by atoms with Crippen LogP contribution in [0.25, 0.3) is 0 Å². The Bertz CT molecular complexity index is 380. The van der Waals surface area contributed by atoms with Crippen LogP contribution in [0.5, 0.6) is 0 Å². The van der Waals surface area contributed by atoms with Crippen molar-refractivity contribution in [2.45, 2.75) is 12.5 Å². The maximum absolute atomic E-state index is 11.2. The summed E-state index contributed by atoms with van der Waals surface area (Å²) in [6.45, 7) is 1.76. The fourth-order valence-corrected chi connectivity index (χ4v) is 2.53. The first-order valence-corrected chi connectivity index (χ1v) is 5.94. The summed E-state index contributed by atoms with van der Waals surface area (Å²) in [5, 5.41) is 2.58. The molecule has 2 heterocycles. The molecule has 1 aromatic rings. The van der Waals surface area contributed by atoms with Gasteiger partial charge in [-0.3, -0.25) is 0 Å². The number of methoxy groups -OCH3 is 2. The largest absolute Gasteiger partial charge is 0.464 e. The summed E-state index contributed by atoms with van der Waals surface area (Å²) in [5.41, 5.74) is 0.378. The Morgan fingerprint density at radius 3 is 3.06 bits per heavy atom. The zero-order valence-corrected chi connectivity index (χ0v) is 10.1. The highest BCUT2D eigenvalue weighted by Gasteiger charge is 2.25. The van der Waals surface area contributed by atoms with E-state index in [1.807, 2.05) is 0 Å². The Kier molecular flexibility index (Phi) is 3.40. The van der Waals surface area contributed by atoms with Crippen LogP contribution < -0.4 is 4.90 Å². The van der Waals surface area contributed by atoms with Crippen molar-refractivity contribution in [3.63, 3.8) is 0 Å². The van der Waals surface area contributed by atoms with Crippen LogP contribution in [0.1, 0.15) is 16.9 Å². The van der Waals surface area contributed by atoms with Gasteiger partial charge in [0, 0.05) is 25.6 Å². The van der Waals surface area contributed by atoms with Crippen LogP contribution in [0.15, 0.2) is 5.38 Å². The van der Waals surface area contributed by atoms with Gasteiger partial charge in [0.2, 0.25) is 0 Å². The minimum Gasteiger partial charge on any atom is -0.464 e. The van der Waals surface area contributed by atoms with Gasteiger partial charge in [-0.05, 0) is 6.42 Å². The molecule has 1 fully saturated rings. The predicted octanol–water partition coefficient (Wildman–Crippen LogP) is 1.15. The number of ether oxygens (including phenoxy) is 2. The minimum atomic E-state index is -0.384. The second-order valence-electron chi connectivity index (χ2n) is 3.60. The highest BCUT2D eigenvalue weighted by atomic mass is 32.1. The lowest BCUT2D eigenvalue weighted by Gasteiger charge is -2.13. The number of carbonyl (C=O) groups excluding carboxylic acids is 1. The molecule has 0 N–H and O–H groups in total. The Hall–Kier alpha value is -1.14. The van der Waals surface area contributed by atoms with E-state index in [1.54, 1.807) is 12.5 Å². The molecule has 1 aromatic heterocycles. The number of aromatic nitrogens is 1. The van der Waals surface area contributed by atoms with Crippen LogP contribution in [0.2, 0.25) is 0 Å². The quantitative estimate of drug-likeness (QED) is 0.744. The monoisotopic (exact) mass is 242 g/mol. The van der Waals surface area contributed by atoms with Crippen LogP contribution in [0.4, 0.5) is 5.13 Å². The number of nitrogens with zero attached hydrogens (tertiary/aromatic N) is 2. The van der Waals surface area contributed by atoms with E-state index in [0.29, 0.717) is 5.69 Å². The number of thiazole rings is 1. The number of hydrogen-bond acceptors (Lipinski definition) is 6. The van der Waals surface area contributed by atoms with E-state index in [2.05, 4.69) is 14.6 Å². The third-order valence-corrected chi connectivity index (χ3v) is 3.54. The predicted molar refractivity (Wildman–Crippen MR) is 61.1 cm³/mol. The van der Waals surface area contributed by atoms with E-state index in [9.17, 15) is 4.79 Å². The summed E-state index contributed by atoms with van der Waals surface area (Å²) in [7, 11) is 3.08. The molecule has 0 saturated carbocycles. The molecule has 0 bridgehead atoms. The standard InChI is InChI=1S/C10H14N2O3S/c1-14-7-3-4-12(5-7)10-11-8(6-16-10)9(13)15-2/h6-7H,3-5H2,1-2H3. The molecule has 5 nitrogen and oxygen atoms in total. The van der Waals surface area contributed by atoms with Gasteiger partial charge in [0.1, 0.15) is 0 Å². The zero-order valence-electron chi connectivity index (χ0n) is 9.30. The molecule has 0 spiro atoms. The van der Waals surface area contributed by atoms with Crippen molar-refractivity contribution in [2.24, 2.45) is 0 Å². The van der Waals surface area contributed by atoms with Crippen LogP contribution in [0.3, 0.4) is 0 Å². The van der Waals surface area contributed by atoms with Crippen molar-refractivity contribution in [2.75, 3.05) is 32.2 Å². The fraction of sp³-hybridized carbons (Fsp3) is 0.600. The van der Waals surface area contributed by atoms with E-state index in [0.717, 1.165) is 24.6 Å². The first-order chi connectivity index (χ1) is 7.74. The van der Waals surface area contributed by atoms with Crippen molar-refractivity contribution < 1.29 is 14.3 Å². The van der Waals surface area contributed by atoms with Gasteiger partial charge < -0.3 is 14.4 Å². The molecule has 16 heavy (non-hydrogen) atoms. The Balaban J connectivity index is 2.05. The van der Waals surface area contributed by atoms with Crippen molar-refractivity contribution in [1.29, 1.82) is 0 Å². The van der Waals surface area contributed by atoms with Gasteiger partial charge in [0.05, 0.1) is 13.2 Å². The summed E-state index contributed by atoms with van der Waals surface area (Å²) in [4.78, 5) is 17.6. The van der Waals surface area contributed by atoms with Crippen molar-refractivity contribution in [1.82, 2.24) is 4.98 Å². The van der Waals surface area contributed by atoms with Gasteiger partial charge in [0.15, 0.2) is 10.8 Å². The second-order valence-corrected chi connectivity index (χ2v) is 4.44. The lowest BCUT2D eigenvalue weighted by Crippen LogP contribution is -2.22. The third kappa shape index (κ3) is 2.17.